The molecule has 0 aromatic heterocycles. The molecule has 0 bridgehead atoms. The first kappa shape index (κ1) is 15.7. The second-order valence-electron chi connectivity index (χ2n) is 4.35. The molecule has 0 heterocycles. The Morgan fingerprint density at radius 3 is 2.47 bits per heavy atom. The SMILES string of the molecule is CCCOCC(NCC)(C(=O)OC)c1ccccc1. The van der Waals surface area contributed by atoms with Gasteiger partial charge in [-0.3, -0.25) is 5.32 Å². The number of carbonyl (C=O) groups excluding carboxylic acids is 1. The summed E-state index contributed by atoms with van der Waals surface area (Å²) in [7, 11) is 1.40. The van der Waals surface area contributed by atoms with Gasteiger partial charge in [-0.2, -0.15) is 0 Å². The van der Waals surface area contributed by atoms with Crippen molar-refractivity contribution in [2.75, 3.05) is 26.9 Å². The van der Waals surface area contributed by atoms with Gasteiger partial charge >= 0.3 is 5.97 Å². The van der Waals surface area contributed by atoms with E-state index in [1.165, 1.54) is 7.11 Å². The molecule has 0 spiro atoms. The van der Waals surface area contributed by atoms with E-state index in [9.17, 15) is 4.79 Å². The van der Waals surface area contributed by atoms with Crippen LogP contribution in [0.15, 0.2) is 30.3 Å². The lowest BCUT2D eigenvalue weighted by atomic mass is 9.90. The van der Waals surface area contributed by atoms with Crippen LogP contribution in [0.3, 0.4) is 0 Å². The highest BCUT2D eigenvalue weighted by Gasteiger charge is 2.41. The van der Waals surface area contributed by atoms with E-state index in [0.717, 1.165) is 12.0 Å². The highest BCUT2D eigenvalue weighted by atomic mass is 16.5. The van der Waals surface area contributed by atoms with E-state index in [0.29, 0.717) is 13.2 Å². The second-order valence-corrected chi connectivity index (χ2v) is 4.35. The van der Waals surface area contributed by atoms with Crippen LogP contribution in [0.5, 0.6) is 0 Å². The molecule has 1 N–H and O–H groups in total. The maximum Gasteiger partial charge on any atom is 0.333 e. The quantitative estimate of drug-likeness (QED) is 0.577. The number of ether oxygens (including phenoxy) is 2. The van der Waals surface area contributed by atoms with Crippen molar-refractivity contribution in [1.29, 1.82) is 0 Å². The van der Waals surface area contributed by atoms with Crippen LogP contribution < -0.4 is 5.32 Å². The number of nitrogens with one attached hydrogen (secondary N) is 1. The largest absolute Gasteiger partial charge is 0.467 e. The molecule has 0 fully saturated rings. The molecule has 1 aromatic carbocycles. The summed E-state index contributed by atoms with van der Waals surface area (Å²) < 4.78 is 10.6. The lowest BCUT2D eigenvalue weighted by molar-refractivity contribution is -0.152. The number of methoxy groups -OCH3 is 1. The maximum absolute atomic E-state index is 12.3. The number of benzene rings is 1. The summed E-state index contributed by atoms with van der Waals surface area (Å²) in [5.41, 5.74) is -0.0697. The van der Waals surface area contributed by atoms with Crippen LogP contribution in [-0.2, 0) is 19.8 Å². The first-order valence-corrected chi connectivity index (χ1v) is 6.68. The Hall–Kier alpha value is -1.39. The van der Waals surface area contributed by atoms with E-state index < -0.39 is 5.54 Å². The topological polar surface area (TPSA) is 47.6 Å². The average Bonchev–Trinajstić information content (AvgIpc) is 2.46. The van der Waals surface area contributed by atoms with Crippen LogP contribution in [0.25, 0.3) is 0 Å². The molecule has 19 heavy (non-hydrogen) atoms. The highest BCUT2D eigenvalue weighted by Crippen LogP contribution is 2.23. The van der Waals surface area contributed by atoms with Crippen molar-refractivity contribution in [3.8, 4) is 0 Å². The molecule has 1 rings (SSSR count). The zero-order valence-electron chi connectivity index (χ0n) is 11.9. The summed E-state index contributed by atoms with van der Waals surface area (Å²) in [6.45, 7) is 5.54. The van der Waals surface area contributed by atoms with Crippen LogP contribution in [0, 0.1) is 0 Å². The maximum atomic E-state index is 12.3. The van der Waals surface area contributed by atoms with Crippen molar-refractivity contribution >= 4 is 5.97 Å². The average molecular weight is 265 g/mol. The van der Waals surface area contributed by atoms with Crippen molar-refractivity contribution in [2.24, 2.45) is 0 Å². The Morgan fingerprint density at radius 1 is 1.26 bits per heavy atom. The van der Waals surface area contributed by atoms with Gasteiger partial charge in [-0.05, 0) is 18.5 Å². The van der Waals surface area contributed by atoms with Crippen molar-refractivity contribution in [3.05, 3.63) is 35.9 Å². The Labute approximate surface area is 115 Å². The normalized spacial score (nSPS) is 13.8. The number of hydrogen-bond acceptors (Lipinski definition) is 4. The summed E-state index contributed by atoms with van der Waals surface area (Å²) >= 11 is 0. The van der Waals surface area contributed by atoms with Crippen molar-refractivity contribution in [1.82, 2.24) is 5.32 Å². The number of hydrogen-bond donors (Lipinski definition) is 1. The fraction of sp³-hybridized carbons (Fsp3) is 0.533. The predicted octanol–water partition coefficient (Wildman–Crippen LogP) is 2.09. The Kier molecular flexibility index (Phi) is 6.53. The number of likely N-dealkylation sites (N-methyl/N-ethyl adjacent to an activating group) is 1. The number of carbonyl (C=O) groups is 1. The van der Waals surface area contributed by atoms with Crippen molar-refractivity contribution in [2.45, 2.75) is 25.8 Å². The third-order valence-electron chi connectivity index (χ3n) is 2.95. The fourth-order valence-corrected chi connectivity index (χ4v) is 2.05. The van der Waals surface area contributed by atoms with Crippen molar-refractivity contribution < 1.29 is 14.3 Å². The van der Waals surface area contributed by atoms with Gasteiger partial charge in [0.25, 0.3) is 0 Å². The lowest BCUT2D eigenvalue weighted by Gasteiger charge is -2.32. The molecule has 0 aliphatic rings. The molecule has 0 saturated carbocycles. The molecule has 106 valence electrons. The standard InChI is InChI=1S/C15H23NO3/c1-4-11-19-12-15(16-5-2,14(17)18-3)13-9-7-6-8-10-13/h6-10,16H,4-5,11-12H2,1-3H3. The summed E-state index contributed by atoms with van der Waals surface area (Å²) in [6.07, 6.45) is 0.915. The van der Waals surface area contributed by atoms with Gasteiger partial charge in [0.15, 0.2) is 5.54 Å². The monoisotopic (exact) mass is 265 g/mol. The van der Waals surface area contributed by atoms with E-state index in [4.69, 9.17) is 9.47 Å². The molecule has 0 radical (unpaired) electrons. The van der Waals surface area contributed by atoms with Gasteiger partial charge in [0.2, 0.25) is 0 Å². The highest BCUT2D eigenvalue weighted by molar-refractivity contribution is 5.82. The molecule has 4 nitrogen and oxygen atoms in total. The van der Waals surface area contributed by atoms with Crippen LogP contribution in [0.1, 0.15) is 25.8 Å². The van der Waals surface area contributed by atoms with Crippen molar-refractivity contribution in [3.63, 3.8) is 0 Å². The molecule has 0 amide bonds. The van der Waals surface area contributed by atoms with Gasteiger partial charge in [0.1, 0.15) is 0 Å². The summed E-state index contributed by atoms with van der Waals surface area (Å²) in [5.74, 6) is -0.323. The minimum absolute atomic E-state index is 0.269. The predicted molar refractivity (Wildman–Crippen MR) is 74.9 cm³/mol. The first-order chi connectivity index (χ1) is 9.21. The van der Waals surface area contributed by atoms with Gasteiger partial charge in [0, 0.05) is 6.61 Å². The van der Waals surface area contributed by atoms with E-state index >= 15 is 0 Å². The van der Waals surface area contributed by atoms with Gasteiger partial charge in [-0.25, -0.2) is 4.79 Å². The van der Waals surface area contributed by atoms with Crippen LogP contribution in [0.2, 0.25) is 0 Å². The third-order valence-corrected chi connectivity index (χ3v) is 2.95. The summed E-state index contributed by atoms with van der Waals surface area (Å²) in [6, 6.07) is 9.56. The molecule has 0 aliphatic carbocycles. The number of rotatable bonds is 8. The Balaban J connectivity index is 3.07. The molecule has 1 aromatic rings. The Bertz CT molecular complexity index is 380. The summed E-state index contributed by atoms with van der Waals surface area (Å²) in [5, 5.41) is 3.22. The molecular formula is C15H23NO3. The van der Waals surface area contributed by atoms with Gasteiger partial charge in [-0.1, -0.05) is 44.2 Å². The number of esters is 1. The van der Waals surface area contributed by atoms with E-state index in [2.05, 4.69) is 5.32 Å². The van der Waals surface area contributed by atoms with E-state index in [1.54, 1.807) is 0 Å². The smallest absolute Gasteiger partial charge is 0.333 e. The van der Waals surface area contributed by atoms with Gasteiger partial charge in [0.05, 0.1) is 13.7 Å². The zero-order valence-corrected chi connectivity index (χ0v) is 11.9. The molecule has 1 atom stereocenters. The van der Waals surface area contributed by atoms with Crippen LogP contribution >= 0.6 is 0 Å². The molecule has 1 unspecified atom stereocenters. The lowest BCUT2D eigenvalue weighted by Crippen LogP contribution is -2.53. The van der Waals surface area contributed by atoms with Gasteiger partial charge < -0.3 is 9.47 Å². The zero-order chi connectivity index (χ0) is 14.1. The third kappa shape index (κ3) is 3.78. The minimum atomic E-state index is -0.931. The molecular weight excluding hydrogens is 242 g/mol. The Morgan fingerprint density at radius 2 is 1.95 bits per heavy atom. The van der Waals surface area contributed by atoms with E-state index in [-0.39, 0.29) is 12.6 Å². The van der Waals surface area contributed by atoms with E-state index in [1.807, 2.05) is 44.2 Å². The minimum Gasteiger partial charge on any atom is -0.467 e. The molecule has 0 aliphatic heterocycles. The molecule has 0 saturated heterocycles. The second kappa shape index (κ2) is 7.92. The van der Waals surface area contributed by atoms with Crippen LogP contribution in [0.4, 0.5) is 0 Å². The van der Waals surface area contributed by atoms with Gasteiger partial charge in [-0.15, -0.1) is 0 Å². The summed E-state index contributed by atoms with van der Waals surface area (Å²) in [4.78, 5) is 12.3. The fourth-order valence-electron chi connectivity index (χ4n) is 2.05. The first-order valence-electron chi connectivity index (χ1n) is 6.68. The van der Waals surface area contributed by atoms with Crippen LogP contribution in [-0.4, -0.2) is 32.8 Å². The molecule has 4 heteroatoms.